The van der Waals surface area contributed by atoms with Gasteiger partial charge in [-0.25, -0.2) is 0 Å². The summed E-state index contributed by atoms with van der Waals surface area (Å²) in [6.07, 6.45) is -2.23. The molecule has 6 heteroatoms. The second-order valence-corrected chi connectivity index (χ2v) is 5.65. The number of ether oxygens (including phenoxy) is 2. The van der Waals surface area contributed by atoms with Crippen LogP contribution in [-0.2, 0) is 15.9 Å². The zero-order valence-electron chi connectivity index (χ0n) is 12.1. The van der Waals surface area contributed by atoms with Gasteiger partial charge in [-0.2, -0.15) is 0 Å². The first-order chi connectivity index (χ1) is 10.7. The van der Waals surface area contributed by atoms with Crippen LogP contribution in [-0.4, -0.2) is 53.1 Å². The summed E-state index contributed by atoms with van der Waals surface area (Å²) in [5.74, 6) is 0. The van der Waals surface area contributed by atoms with Crippen LogP contribution in [0.1, 0.15) is 12.0 Å². The molecule has 1 saturated heterocycles. The molecule has 4 atom stereocenters. The van der Waals surface area contributed by atoms with Crippen molar-refractivity contribution in [3.8, 4) is 0 Å². The van der Waals surface area contributed by atoms with Crippen LogP contribution >= 0.6 is 15.9 Å². The summed E-state index contributed by atoms with van der Waals surface area (Å²) < 4.78 is 11.1. The van der Waals surface area contributed by atoms with Gasteiger partial charge in [0, 0.05) is 5.57 Å². The summed E-state index contributed by atoms with van der Waals surface area (Å²) >= 11 is 3.15. The Morgan fingerprint density at radius 1 is 1.23 bits per heavy atom. The number of hydrogen-bond acceptors (Lipinski definition) is 5. The number of rotatable bonds is 6. The zero-order chi connectivity index (χ0) is 15.9. The fourth-order valence-corrected chi connectivity index (χ4v) is 2.86. The van der Waals surface area contributed by atoms with Gasteiger partial charge >= 0.3 is 0 Å². The maximum atomic E-state index is 10.0. The van der Waals surface area contributed by atoms with Gasteiger partial charge in [-0.15, -0.1) is 0 Å². The molecule has 3 N–H and O–H groups in total. The largest absolute Gasteiger partial charge is 0.394 e. The molecule has 1 aromatic carbocycles. The molecule has 0 amide bonds. The van der Waals surface area contributed by atoms with E-state index in [1.165, 1.54) is 10.5 Å². The van der Waals surface area contributed by atoms with Crippen molar-refractivity contribution in [3.05, 3.63) is 46.5 Å². The van der Waals surface area contributed by atoms with E-state index in [2.05, 4.69) is 28.1 Å². The molecule has 0 aromatic heterocycles. The van der Waals surface area contributed by atoms with Crippen molar-refractivity contribution < 1.29 is 24.8 Å². The molecule has 0 radical (unpaired) electrons. The number of aryl methyl sites for hydroxylation is 1. The highest BCUT2D eigenvalue weighted by atomic mass is 79.9. The molecular weight excluding hydrogens is 352 g/mol. The van der Waals surface area contributed by atoms with Gasteiger partial charge in [0.15, 0.2) is 6.29 Å². The van der Waals surface area contributed by atoms with Gasteiger partial charge in [0.05, 0.1) is 13.2 Å². The predicted molar refractivity (Wildman–Crippen MR) is 85.5 cm³/mol. The highest BCUT2D eigenvalue weighted by Crippen LogP contribution is 2.27. The Hall–Kier alpha value is -0.760. The summed E-state index contributed by atoms with van der Waals surface area (Å²) in [5.41, 5.74) is 1.65. The summed E-state index contributed by atoms with van der Waals surface area (Å²) in [6, 6.07) is 10.1. The minimum absolute atomic E-state index is 0.377. The quantitative estimate of drug-likeness (QED) is 0.657. The summed E-state index contributed by atoms with van der Waals surface area (Å²) in [6.45, 7) is 0.0720. The molecule has 1 aliphatic heterocycles. The highest BCUT2D eigenvalue weighted by Gasteiger charge is 2.40. The van der Waals surface area contributed by atoms with Crippen LogP contribution in [0.4, 0.5) is 0 Å². The Balaban J connectivity index is 1.85. The normalized spacial score (nSPS) is 30.6. The fourth-order valence-electron chi connectivity index (χ4n) is 2.37. The van der Waals surface area contributed by atoms with Crippen LogP contribution in [0.3, 0.4) is 0 Å². The Morgan fingerprint density at radius 3 is 2.59 bits per heavy atom. The van der Waals surface area contributed by atoms with Crippen molar-refractivity contribution in [2.45, 2.75) is 37.4 Å². The lowest BCUT2D eigenvalue weighted by molar-refractivity contribution is -0.225. The monoisotopic (exact) mass is 372 g/mol. The third kappa shape index (κ3) is 4.38. The topological polar surface area (TPSA) is 79.2 Å². The smallest absolute Gasteiger partial charge is 0.183 e. The third-order valence-electron chi connectivity index (χ3n) is 3.64. The van der Waals surface area contributed by atoms with Crippen LogP contribution < -0.4 is 0 Å². The SMILES string of the molecule is OC[C@H]1O[C@H](OCCCc2ccccc2)/C(=C\Br)[C@@H](O)[C@@H]1O. The molecule has 0 saturated carbocycles. The van der Waals surface area contributed by atoms with Crippen LogP contribution in [0.15, 0.2) is 40.9 Å². The number of hydrogen-bond donors (Lipinski definition) is 3. The zero-order valence-corrected chi connectivity index (χ0v) is 13.7. The highest BCUT2D eigenvalue weighted by molar-refractivity contribution is 9.11. The van der Waals surface area contributed by atoms with Crippen molar-refractivity contribution in [2.24, 2.45) is 0 Å². The number of halogens is 1. The second-order valence-electron chi connectivity index (χ2n) is 5.19. The molecule has 0 aliphatic carbocycles. The average Bonchev–Trinajstić information content (AvgIpc) is 2.55. The minimum atomic E-state index is -1.17. The first kappa shape index (κ1) is 17.6. The van der Waals surface area contributed by atoms with E-state index in [-0.39, 0.29) is 6.61 Å². The summed E-state index contributed by atoms with van der Waals surface area (Å²) in [5, 5.41) is 29.0. The third-order valence-corrected chi connectivity index (χ3v) is 4.17. The van der Waals surface area contributed by atoms with E-state index >= 15 is 0 Å². The number of aliphatic hydroxyl groups is 3. The molecular formula is C16H21BrO5. The Morgan fingerprint density at radius 2 is 1.95 bits per heavy atom. The van der Waals surface area contributed by atoms with Crippen LogP contribution in [0.2, 0.25) is 0 Å². The van der Waals surface area contributed by atoms with Gasteiger partial charge in [0.2, 0.25) is 0 Å². The molecule has 0 spiro atoms. The molecule has 5 nitrogen and oxygen atoms in total. The van der Waals surface area contributed by atoms with Crippen LogP contribution in [0.5, 0.6) is 0 Å². The second kappa shape index (κ2) is 8.76. The molecule has 1 heterocycles. The first-order valence-corrected chi connectivity index (χ1v) is 8.17. The fraction of sp³-hybridized carbons (Fsp3) is 0.500. The molecule has 122 valence electrons. The molecule has 0 unspecified atom stereocenters. The van der Waals surface area contributed by atoms with Crippen molar-refractivity contribution in [1.82, 2.24) is 0 Å². The first-order valence-electron chi connectivity index (χ1n) is 7.25. The lowest BCUT2D eigenvalue weighted by atomic mass is 9.98. The van der Waals surface area contributed by atoms with Gasteiger partial charge in [0.1, 0.15) is 18.3 Å². The molecule has 1 aromatic rings. The van der Waals surface area contributed by atoms with Gasteiger partial charge in [-0.1, -0.05) is 46.3 Å². The summed E-state index contributed by atoms with van der Waals surface area (Å²) in [4.78, 5) is 1.50. The van der Waals surface area contributed by atoms with E-state index in [9.17, 15) is 15.3 Å². The summed E-state index contributed by atoms with van der Waals surface area (Å²) in [7, 11) is 0. The Kier molecular flexibility index (Phi) is 7.01. The maximum Gasteiger partial charge on any atom is 0.183 e. The van der Waals surface area contributed by atoms with Crippen LogP contribution in [0.25, 0.3) is 0 Å². The molecule has 22 heavy (non-hydrogen) atoms. The standard InChI is InChI=1S/C16H21BrO5/c17-9-12-14(19)15(20)13(10-18)22-16(12)21-8-4-7-11-5-2-1-3-6-11/h1-3,5-6,9,13-16,18-20H,4,7-8,10H2/b12-9-/t13-,14-,15-,16+/m1/s1. The molecule has 1 fully saturated rings. The van der Waals surface area contributed by atoms with Gasteiger partial charge in [-0.05, 0) is 23.4 Å². The number of benzene rings is 1. The maximum absolute atomic E-state index is 10.0. The van der Waals surface area contributed by atoms with Gasteiger partial charge in [-0.3, -0.25) is 0 Å². The van der Waals surface area contributed by atoms with Crippen molar-refractivity contribution in [3.63, 3.8) is 0 Å². The van der Waals surface area contributed by atoms with Gasteiger partial charge < -0.3 is 24.8 Å². The van der Waals surface area contributed by atoms with E-state index in [1.807, 2.05) is 18.2 Å². The molecule has 0 bridgehead atoms. The van der Waals surface area contributed by atoms with E-state index in [0.29, 0.717) is 12.2 Å². The van der Waals surface area contributed by atoms with Crippen LogP contribution in [0, 0.1) is 0 Å². The molecule has 2 rings (SSSR count). The lowest BCUT2D eigenvalue weighted by Gasteiger charge is -2.38. The van der Waals surface area contributed by atoms with Crippen molar-refractivity contribution in [2.75, 3.05) is 13.2 Å². The van der Waals surface area contributed by atoms with Gasteiger partial charge in [0.25, 0.3) is 0 Å². The van der Waals surface area contributed by atoms with E-state index in [1.54, 1.807) is 0 Å². The van der Waals surface area contributed by atoms with E-state index in [4.69, 9.17) is 9.47 Å². The lowest BCUT2D eigenvalue weighted by Crippen LogP contribution is -2.52. The Bertz CT molecular complexity index is 479. The molecule has 1 aliphatic rings. The predicted octanol–water partition coefficient (Wildman–Crippen LogP) is 1.35. The van der Waals surface area contributed by atoms with E-state index < -0.39 is 24.6 Å². The number of aliphatic hydroxyl groups excluding tert-OH is 3. The Labute approximate surface area is 138 Å². The van der Waals surface area contributed by atoms with Crippen molar-refractivity contribution >= 4 is 15.9 Å². The van der Waals surface area contributed by atoms with E-state index in [0.717, 1.165) is 12.8 Å². The average molecular weight is 373 g/mol. The minimum Gasteiger partial charge on any atom is -0.394 e. The van der Waals surface area contributed by atoms with Crippen molar-refractivity contribution in [1.29, 1.82) is 0 Å².